The molecular weight excluding hydrogens is 300 g/mol. The predicted octanol–water partition coefficient (Wildman–Crippen LogP) is 3.03. The molecule has 6 heteroatoms. The van der Waals surface area contributed by atoms with Crippen LogP contribution in [0.15, 0.2) is 23.1 Å². The van der Waals surface area contributed by atoms with Crippen molar-refractivity contribution in [1.29, 1.82) is 0 Å². The highest BCUT2D eigenvalue weighted by atomic mass is 35.5. The molecule has 0 aromatic heterocycles. The zero-order valence-electron chi connectivity index (χ0n) is 11.2. The number of rotatable bonds is 3. The van der Waals surface area contributed by atoms with Crippen LogP contribution in [0.3, 0.4) is 0 Å². The smallest absolute Gasteiger partial charge is 0.314 e. The third-order valence-corrected chi connectivity index (χ3v) is 5.44. The molecule has 2 rings (SSSR count). The predicted molar refractivity (Wildman–Crippen MR) is 77.0 cm³/mol. The molecule has 0 spiro atoms. The van der Waals surface area contributed by atoms with Gasteiger partial charge in [0.25, 0.3) is 0 Å². The Kier molecular flexibility index (Phi) is 4.12. The summed E-state index contributed by atoms with van der Waals surface area (Å²) in [6.45, 7) is 0. The highest BCUT2D eigenvalue weighted by Crippen LogP contribution is 2.43. The first-order valence-electron chi connectivity index (χ1n) is 6.51. The highest BCUT2D eigenvalue weighted by molar-refractivity contribution is 7.90. The van der Waals surface area contributed by atoms with E-state index in [2.05, 4.69) is 0 Å². The summed E-state index contributed by atoms with van der Waals surface area (Å²) < 4.78 is 23.3. The molecule has 0 amide bonds. The van der Waals surface area contributed by atoms with E-state index in [4.69, 9.17) is 11.6 Å². The first kappa shape index (κ1) is 15.3. The van der Waals surface area contributed by atoms with E-state index in [-0.39, 0.29) is 4.90 Å². The lowest BCUT2D eigenvalue weighted by Gasteiger charge is -2.34. The van der Waals surface area contributed by atoms with Gasteiger partial charge in [-0.1, -0.05) is 30.9 Å². The monoisotopic (exact) mass is 316 g/mol. The van der Waals surface area contributed by atoms with Crippen LogP contribution in [-0.2, 0) is 20.0 Å². The van der Waals surface area contributed by atoms with Gasteiger partial charge in [0, 0.05) is 11.3 Å². The Morgan fingerprint density at radius 3 is 2.35 bits per heavy atom. The van der Waals surface area contributed by atoms with Crippen molar-refractivity contribution in [2.24, 2.45) is 0 Å². The average molecular weight is 317 g/mol. The van der Waals surface area contributed by atoms with E-state index in [0.717, 1.165) is 25.5 Å². The molecule has 4 nitrogen and oxygen atoms in total. The SMILES string of the molecule is CS(=O)(=O)c1ccc(Cl)c(C2(C(=O)O)CCCCC2)c1. The molecule has 1 fully saturated rings. The third-order valence-electron chi connectivity index (χ3n) is 4.00. The summed E-state index contributed by atoms with van der Waals surface area (Å²) in [5, 5.41) is 9.97. The van der Waals surface area contributed by atoms with E-state index < -0.39 is 21.2 Å². The van der Waals surface area contributed by atoms with Crippen molar-refractivity contribution in [1.82, 2.24) is 0 Å². The lowest BCUT2D eigenvalue weighted by atomic mass is 9.69. The molecule has 0 radical (unpaired) electrons. The molecule has 20 heavy (non-hydrogen) atoms. The second kappa shape index (κ2) is 5.37. The maximum Gasteiger partial charge on any atom is 0.314 e. The van der Waals surface area contributed by atoms with Crippen molar-refractivity contribution in [3.8, 4) is 0 Å². The number of carbonyl (C=O) groups is 1. The minimum atomic E-state index is -3.38. The number of sulfone groups is 1. The van der Waals surface area contributed by atoms with Gasteiger partial charge in [0.15, 0.2) is 9.84 Å². The number of aliphatic carboxylic acids is 1. The zero-order chi connectivity index (χ0) is 15.0. The topological polar surface area (TPSA) is 71.4 Å². The van der Waals surface area contributed by atoms with Crippen molar-refractivity contribution in [3.05, 3.63) is 28.8 Å². The Bertz CT molecular complexity index is 631. The van der Waals surface area contributed by atoms with Crippen molar-refractivity contribution < 1.29 is 18.3 Å². The van der Waals surface area contributed by atoms with E-state index in [0.29, 0.717) is 23.4 Å². The zero-order valence-corrected chi connectivity index (χ0v) is 12.8. The highest BCUT2D eigenvalue weighted by Gasteiger charge is 2.43. The normalized spacial score (nSPS) is 18.7. The number of benzene rings is 1. The van der Waals surface area contributed by atoms with Crippen LogP contribution in [0.5, 0.6) is 0 Å². The summed E-state index contributed by atoms with van der Waals surface area (Å²) in [5.74, 6) is -0.926. The molecule has 0 heterocycles. The largest absolute Gasteiger partial charge is 0.481 e. The van der Waals surface area contributed by atoms with Crippen LogP contribution in [0.1, 0.15) is 37.7 Å². The van der Waals surface area contributed by atoms with Gasteiger partial charge < -0.3 is 5.11 Å². The van der Waals surface area contributed by atoms with E-state index in [1.807, 2.05) is 0 Å². The van der Waals surface area contributed by atoms with Crippen LogP contribution in [0.25, 0.3) is 0 Å². The number of hydrogen-bond acceptors (Lipinski definition) is 3. The molecule has 0 unspecified atom stereocenters. The third kappa shape index (κ3) is 2.69. The fraction of sp³-hybridized carbons (Fsp3) is 0.500. The van der Waals surface area contributed by atoms with Crippen molar-refractivity contribution >= 4 is 27.4 Å². The van der Waals surface area contributed by atoms with Crippen LogP contribution in [-0.4, -0.2) is 25.7 Å². The maximum atomic E-state index is 11.8. The van der Waals surface area contributed by atoms with Crippen LogP contribution < -0.4 is 0 Å². The van der Waals surface area contributed by atoms with Gasteiger partial charge in [0.1, 0.15) is 0 Å². The van der Waals surface area contributed by atoms with Crippen molar-refractivity contribution in [3.63, 3.8) is 0 Å². The van der Waals surface area contributed by atoms with Crippen LogP contribution in [0, 0.1) is 0 Å². The molecule has 0 bridgehead atoms. The fourth-order valence-electron chi connectivity index (χ4n) is 2.86. The van der Waals surface area contributed by atoms with Gasteiger partial charge in [-0.05, 0) is 36.6 Å². The van der Waals surface area contributed by atoms with Gasteiger partial charge in [-0.3, -0.25) is 4.79 Å². The van der Waals surface area contributed by atoms with Crippen molar-refractivity contribution in [2.45, 2.75) is 42.4 Å². The quantitative estimate of drug-likeness (QED) is 0.930. The Hall–Kier alpha value is -1.07. The summed E-state index contributed by atoms with van der Waals surface area (Å²) in [4.78, 5) is 11.9. The van der Waals surface area contributed by atoms with Gasteiger partial charge in [0.05, 0.1) is 10.3 Å². The van der Waals surface area contributed by atoms with E-state index in [9.17, 15) is 18.3 Å². The van der Waals surface area contributed by atoms with Crippen LogP contribution in [0.4, 0.5) is 0 Å². The van der Waals surface area contributed by atoms with Gasteiger partial charge in [-0.2, -0.15) is 0 Å². The van der Waals surface area contributed by atoms with Gasteiger partial charge in [-0.25, -0.2) is 8.42 Å². The average Bonchev–Trinajstić information content (AvgIpc) is 2.38. The summed E-state index contributed by atoms with van der Waals surface area (Å²) in [7, 11) is -3.38. The van der Waals surface area contributed by atoms with E-state index in [1.165, 1.54) is 18.2 Å². The number of carboxylic acids is 1. The fourth-order valence-corrected chi connectivity index (χ4v) is 3.80. The summed E-state index contributed by atoms with van der Waals surface area (Å²) in [5.41, 5.74) is -0.634. The van der Waals surface area contributed by atoms with Crippen LogP contribution >= 0.6 is 11.6 Å². The molecule has 110 valence electrons. The Labute approximate surface area is 123 Å². The molecule has 0 saturated heterocycles. The molecule has 1 N–H and O–H groups in total. The first-order chi connectivity index (χ1) is 9.27. The summed E-state index contributed by atoms with van der Waals surface area (Å²) >= 11 is 6.16. The second-order valence-corrected chi connectivity index (χ2v) is 7.78. The second-order valence-electron chi connectivity index (χ2n) is 5.36. The standard InChI is InChI=1S/C14H17ClO4S/c1-20(18,19)10-5-6-12(15)11(9-10)14(13(16)17)7-3-2-4-8-14/h5-6,9H,2-4,7-8H2,1H3,(H,16,17). The van der Waals surface area contributed by atoms with Gasteiger partial charge >= 0.3 is 5.97 Å². The van der Waals surface area contributed by atoms with E-state index in [1.54, 1.807) is 0 Å². The Morgan fingerprint density at radius 1 is 1.25 bits per heavy atom. The lowest BCUT2D eigenvalue weighted by Crippen LogP contribution is -2.38. The first-order valence-corrected chi connectivity index (χ1v) is 8.78. The molecule has 1 saturated carbocycles. The van der Waals surface area contributed by atoms with Crippen molar-refractivity contribution in [2.75, 3.05) is 6.26 Å². The number of carboxylic acid groups (broad SMARTS) is 1. The molecule has 1 aliphatic rings. The molecular formula is C14H17ClO4S. The molecule has 1 aromatic rings. The minimum absolute atomic E-state index is 0.114. The minimum Gasteiger partial charge on any atom is -0.481 e. The van der Waals surface area contributed by atoms with Gasteiger partial charge in [0.2, 0.25) is 0 Å². The summed E-state index contributed by atoms with van der Waals surface area (Å²) in [6, 6.07) is 4.32. The molecule has 0 aliphatic heterocycles. The summed E-state index contributed by atoms with van der Waals surface area (Å²) in [6.07, 6.45) is 4.72. The molecule has 1 aliphatic carbocycles. The Morgan fingerprint density at radius 2 is 1.85 bits per heavy atom. The number of halogens is 1. The van der Waals surface area contributed by atoms with E-state index >= 15 is 0 Å². The number of hydrogen-bond donors (Lipinski definition) is 1. The lowest BCUT2D eigenvalue weighted by molar-refractivity contribution is -0.145. The van der Waals surface area contributed by atoms with Crippen LogP contribution in [0.2, 0.25) is 5.02 Å². The molecule has 0 atom stereocenters. The Balaban J connectivity index is 2.62. The maximum absolute atomic E-state index is 11.8. The van der Waals surface area contributed by atoms with Gasteiger partial charge in [-0.15, -0.1) is 0 Å². The molecule has 1 aromatic carbocycles.